The van der Waals surface area contributed by atoms with Crippen molar-refractivity contribution < 1.29 is 13.2 Å². The van der Waals surface area contributed by atoms with E-state index in [4.69, 9.17) is 0 Å². The highest BCUT2D eigenvalue weighted by Gasteiger charge is 2.22. The van der Waals surface area contributed by atoms with Crippen LogP contribution < -0.4 is 10.0 Å². The monoisotopic (exact) mass is 359 g/mol. The molecule has 0 unspecified atom stereocenters. The lowest BCUT2D eigenvalue weighted by molar-refractivity contribution is -0.115. The van der Waals surface area contributed by atoms with Crippen molar-refractivity contribution in [2.24, 2.45) is 0 Å². The van der Waals surface area contributed by atoms with Crippen molar-refractivity contribution in [3.8, 4) is 0 Å². The lowest BCUT2D eigenvalue weighted by atomic mass is 10.2. The number of rotatable bonds is 5. The Hall–Kier alpha value is -2.78. The maximum atomic E-state index is 12.3. The second-order valence-corrected chi connectivity index (χ2v) is 7.22. The van der Waals surface area contributed by atoms with Gasteiger partial charge in [0.15, 0.2) is 0 Å². The number of para-hydroxylation sites is 1. The summed E-state index contributed by atoms with van der Waals surface area (Å²) in [4.78, 5) is 16.5. The van der Waals surface area contributed by atoms with Crippen LogP contribution in [0.2, 0.25) is 0 Å². The Morgan fingerprint density at radius 1 is 1.20 bits per heavy atom. The summed E-state index contributed by atoms with van der Waals surface area (Å²) in [5.41, 5.74) is 1.94. The van der Waals surface area contributed by atoms with Crippen LogP contribution >= 0.6 is 0 Å². The smallest absolute Gasteiger partial charge is 0.244 e. The number of carbonyl (C=O) groups excluding carboxylic acids is 1. The second-order valence-electron chi connectivity index (χ2n) is 5.52. The summed E-state index contributed by atoms with van der Waals surface area (Å²) < 4.78 is 27.0. The number of anilines is 1. The summed E-state index contributed by atoms with van der Waals surface area (Å²) in [6.07, 6.45) is 1.63. The number of aromatic nitrogens is 3. The first kappa shape index (κ1) is 17.1. The highest BCUT2D eigenvalue weighted by Crippen LogP contribution is 2.20. The van der Waals surface area contributed by atoms with Crippen LogP contribution in [0, 0.1) is 13.8 Å². The van der Waals surface area contributed by atoms with Gasteiger partial charge >= 0.3 is 0 Å². The summed E-state index contributed by atoms with van der Waals surface area (Å²) in [6, 6.07) is 9.07. The zero-order chi connectivity index (χ0) is 18.0. The number of pyridine rings is 1. The number of hydrogen-bond acceptors (Lipinski definition) is 5. The molecule has 9 heteroatoms. The minimum atomic E-state index is -3.83. The Morgan fingerprint density at radius 3 is 2.68 bits per heavy atom. The van der Waals surface area contributed by atoms with Crippen LogP contribution in [0.1, 0.15) is 11.4 Å². The molecule has 0 saturated carbocycles. The Bertz CT molecular complexity index is 1020. The highest BCUT2D eigenvalue weighted by molar-refractivity contribution is 7.89. The number of fused-ring (bicyclic) bond motifs is 1. The number of amides is 1. The number of aromatic amines is 1. The van der Waals surface area contributed by atoms with Crippen LogP contribution in [0.4, 0.5) is 5.69 Å². The van der Waals surface area contributed by atoms with E-state index in [0.717, 1.165) is 5.39 Å². The van der Waals surface area contributed by atoms with Crippen LogP contribution in [-0.4, -0.2) is 36.1 Å². The summed E-state index contributed by atoms with van der Waals surface area (Å²) in [5, 5.41) is 10.0. The zero-order valence-corrected chi connectivity index (χ0v) is 14.5. The van der Waals surface area contributed by atoms with E-state index >= 15 is 0 Å². The van der Waals surface area contributed by atoms with E-state index < -0.39 is 22.5 Å². The van der Waals surface area contributed by atoms with Gasteiger partial charge in [-0.05, 0) is 26.0 Å². The number of sulfonamides is 1. The van der Waals surface area contributed by atoms with E-state index in [1.54, 1.807) is 38.2 Å². The second kappa shape index (κ2) is 6.61. The zero-order valence-electron chi connectivity index (χ0n) is 13.7. The summed E-state index contributed by atoms with van der Waals surface area (Å²) in [6.45, 7) is 2.80. The van der Waals surface area contributed by atoms with Crippen LogP contribution in [0.15, 0.2) is 41.4 Å². The van der Waals surface area contributed by atoms with Crippen molar-refractivity contribution in [3.63, 3.8) is 0 Å². The number of H-pyrrole nitrogens is 1. The molecular formula is C16H17N5O3S. The maximum Gasteiger partial charge on any atom is 0.244 e. The van der Waals surface area contributed by atoms with Gasteiger partial charge in [-0.3, -0.25) is 14.9 Å². The number of carbonyl (C=O) groups is 1. The Labute approximate surface area is 144 Å². The molecule has 3 N–H and O–H groups in total. The Balaban J connectivity index is 1.73. The molecule has 0 aliphatic heterocycles. The van der Waals surface area contributed by atoms with E-state index in [0.29, 0.717) is 22.6 Å². The van der Waals surface area contributed by atoms with Crippen molar-refractivity contribution in [3.05, 3.63) is 47.9 Å². The largest absolute Gasteiger partial charge is 0.323 e. The number of benzene rings is 1. The molecule has 1 amide bonds. The van der Waals surface area contributed by atoms with Crippen LogP contribution in [0.25, 0.3) is 10.9 Å². The SMILES string of the molecule is Cc1n[nH]c(C)c1S(=O)(=O)NCC(=O)Nc1cccc2cccnc12. The molecule has 0 aliphatic carbocycles. The minimum Gasteiger partial charge on any atom is -0.323 e. The van der Waals surface area contributed by atoms with Crippen LogP contribution in [0.5, 0.6) is 0 Å². The first-order valence-electron chi connectivity index (χ1n) is 7.53. The topological polar surface area (TPSA) is 117 Å². The van der Waals surface area contributed by atoms with Gasteiger partial charge < -0.3 is 5.32 Å². The third kappa shape index (κ3) is 3.52. The summed E-state index contributed by atoms with van der Waals surface area (Å²) in [5.74, 6) is -0.486. The summed E-state index contributed by atoms with van der Waals surface area (Å²) >= 11 is 0. The predicted octanol–water partition coefficient (Wildman–Crippen LogP) is 1.49. The van der Waals surface area contributed by atoms with Gasteiger partial charge in [0.1, 0.15) is 4.90 Å². The third-order valence-electron chi connectivity index (χ3n) is 3.66. The van der Waals surface area contributed by atoms with Gasteiger partial charge in [-0.25, -0.2) is 13.1 Å². The Morgan fingerprint density at radius 2 is 1.96 bits per heavy atom. The molecule has 1 aromatic carbocycles. The van der Waals surface area contributed by atoms with E-state index in [-0.39, 0.29) is 4.90 Å². The van der Waals surface area contributed by atoms with Gasteiger partial charge in [0, 0.05) is 11.6 Å². The lowest BCUT2D eigenvalue weighted by Gasteiger charge is -2.09. The van der Waals surface area contributed by atoms with Crippen LogP contribution in [-0.2, 0) is 14.8 Å². The molecule has 3 rings (SSSR count). The molecule has 0 radical (unpaired) electrons. The number of nitrogens with one attached hydrogen (secondary N) is 3. The van der Waals surface area contributed by atoms with E-state index in [9.17, 15) is 13.2 Å². The molecule has 2 heterocycles. The molecule has 0 fully saturated rings. The fraction of sp³-hybridized carbons (Fsp3) is 0.188. The molecule has 25 heavy (non-hydrogen) atoms. The first-order chi connectivity index (χ1) is 11.9. The van der Waals surface area contributed by atoms with Gasteiger partial charge in [-0.15, -0.1) is 0 Å². The average Bonchev–Trinajstić information content (AvgIpc) is 2.93. The minimum absolute atomic E-state index is 0.0622. The molecule has 130 valence electrons. The molecule has 0 saturated heterocycles. The molecule has 0 bridgehead atoms. The van der Waals surface area contributed by atoms with Gasteiger partial charge in [-0.2, -0.15) is 5.10 Å². The fourth-order valence-corrected chi connectivity index (χ4v) is 3.92. The van der Waals surface area contributed by atoms with Gasteiger partial charge in [0.25, 0.3) is 0 Å². The molecule has 8 nitrogen and oxygen atoms in total. The fourth-order valence-electron chi connectivity index (χ4n) is 2.57. The normalized spacial score (nSPS) is 11.6. The van der Waals surface area contributed by atoms with Crippen molar-refractivity contribution >= 4 is 32.5 Å². The van der Waals surface area contributed by atoms with Crippen molar-refractivity contribution in [2.75, 3.05) is 11.9 Å². The third-order valence-corrected chi connectivity index (χ3v) is 5.32. The maximum absolute atomic E-state index is 12.3. The molecule has 0 aliphatic rings. The number of hydrogen-bond donors (Lipinski definition) is 3. The average molecular weight is 359 g/mol. The van der Waals surface area contributed by atoms with Crippen molar-refractivity contribution in [1.29, 1.82) is 0 Å². The molecular weight excluding hydrogens is 342 g/mol. The highest BCUT2D eigenvalue weighted by atomic mass is 32.2. The first-order valence-corrected chi connectivity index (χ1v) is 9.01. The van der Waals surface area contributed by atoms with Gasteiger partial charge in [0.05, 0.1) is 29.1 Å². The quantitative estimate of drug-likeness (QED) is 0.638. The number of aryl methyl sites for hydroxylation is 2. The predicted molar refractivity (Wildman–Crippen MR) is 93.6 cm³/mol. The molecule has 3 aromatic rings. The van der Waals surface area contributed by atoms with E-state index in [1.807, 2.05) is 12.1 Å². The van der Waals surface area contributed by atoms with Gasteiger partial charge in [0.2, 0.25) is 15.9 Å². The van der Waals surface area contributed by atoms with Crippen molar-refractivity contribution in [1.82, 2.24) is 19.9 Å². The lowest BCUT2D eigenvalue weighted by Crippen LogP contribution is -2.33. The molecule has 2 aromatic heterocycles. The standard InChI is InChI=1S/C16H17N5O3S/c1-10-16(11(2)21-20-10)25(23,24)18-9-14(22)19-13-7-3-5-12-6-4-8-17-15(12)13/h3-8,18H,9H2,1-2H3,(H,19,22)(H,20,21). The van der Waals surface area contributed by atoms with Gasteiger partial charge in [-0.1, -0.05) is 18.2 Å². The molecule has 0 spiro atoms. The summed E-state index contributed by atoms with van der Waals surface area (Å²) in [7, 11) is -3.83. The van der Waals surface area contributed by atoms with E-state index in [2.05, 4.69) is 25.2 Å². The Kier molecular flexibility index (Phi) is 4.51. The van der Waals surface area contributed by atoms with E-state index in [1.165, 1.54) is 0 Å². The van der Waals surface area contributed by atoms with Crippen LogP contribution in [0.3, 0.4) is 0 Å². The van der Waals surface area contributed by atoms with Crippen molar-refractivity contribution in [2.45, 2.75) is 18.7 Å². The number of nitrogens with zero attached hydrogens (tertiary/aromatic N) is 2. The molecule has 0 atom stereocenters.